The fourth-order valence-corrected chi connectivity index (χ4v) is 4.15. The predicted octanol–water partition coefficient (Wildman–Crippen LogP) is 2.08. The summed E-state index contributed by atoms with van der Waals surface area (Å²) in [5.41, 5.74) is -0.0390. The largest absolute Gasteiger partial charge is 0.494 e. The molecule has 0 bridgehead atoms. The molecule has 10 nitrogen and oxygen atoms in total. The number of ether oxygens (including phenoxy) is 3. The van der Waals surface area contributed by atoms with Crippen molar-refractivity contribution in [3.05, 3.63) is 64.4 Å². The van der Waals surface area contributed by atoms with Crippen LogP contribution >= 0.6 is 0 Å². The first-order valence-electron chi connectivity index (χ1n) is 10.0. The van der Waals surface area contributed by atoms with Crippen molar-refractivity contribution in [2.24, 2.45) is 0 Å². The molecular formula is C22H25N3O7S. The average Bonchev–Trinajstić information content (AvgIpc) is 2.81. The van der Waals surface area contributed by atoms with Crippen LogP contribution in [-0.4, -0.2) is 53.0 Å². The van der Waals surface area contributed by atoms with Crippen molar-refractivity contribution in [1.29, 1.82) is 0 Å². The van der Waals surface area contributed by atoms with Crippen LogP contribution in [0.2, 0.25) is 0 Å². The number of pyridine rings is 1. The molecule has 1 aromatic heterocycles. The minimum absolute atomic E-state index is 0.0315. The highest BCUT2D eigenvalue weighted by atomic mass is 32.2. The van der Waals surface area contributed by atoms with Crippen LogP contribution in [0.1, 0.15) is 17.3 Å². The lowest BCUT2D eigenvalue weighted by Gasteiger charge is -2.14. The van der Waals surface area contributed by atoms with Crippen LogP contribution in [0.4, 0.5) is 5.69 Å². The third-order valence-corrected chi connectivity index (χ3v) is 6.16. The van der Waals surface area contributed by atoms with Crippen LogP contribution in [0.3, 0.4) is 0 Å². The second-order valence-corrected chi connectivity index (χ2v) is 8.60. The lowest BCUT2D eigenvalue weighted by molar-refractivity contribution is -0.0974. The maximum atomic E-state index is 12.9. The van der Waals surface area contributed by atoms with E-state index in [0.717, 1.165) is 0 Å². The van der Waals surface area contributed by atoms with E-state index in [1.165, 1.54) is 38.6 Å². The first-order chi connectivity index (χ1) is 15.8. The molecule has 0 aliphatic carbocycles. The van der Waals surface area contributed by atoms with Gasteiger partial charge in [-0.2, -0.15) is 0 Å². The van der Waals surface area contributed by atoms with Crippen molar-refractivity contribution in [2.75, 3.05) is 32.1 Å². The normalized spacial score (nSPS) is 11.5. The number of aromatic amines is 1. The van der Waals surface area contributed by atoms with Crippen molar-refractivity contribution < 1.29 is 27.4 Å². The standard InChI is InChI=1S/C22H25N3O7S/c1-4-32-15-7-5-14(6-8-15)25-33(28,29)16-9-10-19-17(11-16)21(26)18(12-23-19)22(27)24-13-20(30-2)31-3/h5-12,20,25H,4,13H2,1-3H3,(H,23,26)(H,24,27). The quantitative estimate of drug-likeness (QED) is 0.382. The second kappa shape index (κ2) is 10.5. The number of sulfonamides is 1. The van der Waals surface area contributed by atoms with Gasteiger partial charge in [-0.05, 0) is 49.4 Å². The summed E-state index contributed by atoms with van der Waals surface area (Å²) in [6.45, 7) is 2.38. The topological polar surface area (TPSA) is 136 Å². The monoisotopic (exact) mass is 475 g/mol. The minimum atomic E-state index is -3.99. The fraction of sp³-hybridized carbons (Fsp3) is 0.273. The number of methoxy groups -OCH3 is 2. The van der Waals surface area contributed by atoms with Gasteiger partial charge in [-0.1, -0.05) is 0 Å². The van der Waals surface area contributed by atoms with Crippen molar-refractivity contribution >= 4 is 32.5 Å². The number of carbonyl (C=O) groups excluding carboxylic acids is 1. The minimum Gasteiger partial charge on any atom is -0.494 e. The van der Waals surface area contributed by atoms with E-state index in [1.807, 2.05) is 6.92 Å². The van der Waals surface area contributed by atoms with E-state index in [2.05, 4.69) is 15.0 Å². The number of hydrogen-bond donors (Lipinski definition) is 3. The Balaban J connectivity index is 1.87. The molecule has 11 heteroatoms. The van der Waals surface area contributed by atoms with Crippen molar-refractivity contribution in [2.45, 2.75) is 18.1 Å². The van der Waals surface area contributed by atoms with Crippen LogP contribution in [0.5, 0.6) is 5.75 Å². The van der Waals surface area contributed by atoms with E-state index in [4.69, 9.17) is 14.2 Å². The molecule has 3 rings (SSSR count). The Hall–Kier alpha value is -3.41. The molecule has 2 aromatic carbocycles. The Labute approximate surface area is 190 Å². The van der Waals surface area contributed by atoms with Gasteiger partial charge in [0, 0.05) is 37.0 Å². The molecule has 1 heterocycles. The number of hydrogen-bond acceptors (Lipinski definition) is 7. The zero-order valence-electron chi connectivity index (χ0n) is 18.4. The number of rotatable bonds is 10. The van der Waals surface area contributed by atoms with E-state index >= 15 is 0 Å². The molecule has 0 saturated heterocycles. The molecule has 0 atom stereocenters. The zero-order valence-corrected chi connectivity index (χ0v) is 19.2. The lowest BCUT2D eigenvalue weighted by Crippen LogP contribution is -2.36. The molecule has 0 spiro atoms. The first-order valence-corrected chi connectivity index (χ1v) is 11.5. The average molecular weight is 476 g/mol. The van der Waals surface area contributed by atoms with Gasteiger partial charge < -0.3 is 24.5 Å². The van der Waals surface area contributed by atoms with Crippen molar-refractivity contribution in [3.63, 3.8) is 0 Å². The third-order valence-electron chi connectivity index (χ3n) is 4.78. The molecule has 1 amide bonds. The van der Waals surface area contributed by atoms with E-state index < -0.39 is 27.6 Å². The third kappa shape index (κ3) is 5.69. The van der Waals surface area contributed by atoms with Gasteiger partial charge in [-0.3, -0.25) is 14.3 Å². The SMILES string of the molecule is CCOc1ccc(NS(=O)(=O)c2ccc3[nH]cc(C(=O)NCC(OC)OC)c(=O)c3c2)cc1. The van der Waals surface area contributed by atoms with Crippen LogP contribution in [0.25, 0.3) is 10.9 Å². The molecule has 3 aromatic rings. The van der Waals surface area contributed by atoms with Crippen LogP contribution in [0, 0.1) is 0 Å². The second-order valence-electron chi connectivity index (χ2n) is 6.91. The summed E-state index contributed by atoms with van der Waals surface area (Å²) < 4.78 is 43.6. The number of H-pyrrole nitrogens is 1. The molecular weight excluding hydrogens is 450 g/mol. The van der Waals surface area contributed by atoms with Crippen molar-refractivity contribution in [1.82, 2.24) is 10.3 Å². The van der Waals surface area contributed by atoms with Gasteiger partial charge in [0.25, 0.3) is 15.9 Å². The Morgan fingerprint density at radius 2 is 1.79 bits per heavy atom. The molecule has 0 fully saturated rings. The number of nitrogens with one attached hydrogen (secondary N) is 3. The van der Waals surface area contributed by atoms with Gasteiger partial charge >= 0.3 is 0 Å². The lowest BCUT2D eigenvalue weighted by atomic mass is 10.1. The van der Waals surface area contributed by atoms with Gasteiger partial charge in [0.1, 0.15) is 11.3 Å². The Kier molecular flexibility index (Phi) is 7.69. The summed E-state index contributed by atoms with van der Waals surface area (Å²) in [5.74, 6) is -0.0242. The van der Waals surface area contributed by atoms with Gasteiger partial charge in [-0.25, -0.2) is 8.42 Å². The number of benzene rings is 2. The maximum absolute atomic E-state index is 12.9. The molecule has 0 unspecified atom stereocenters. The van der Waals surface area contributed by atoms with Crippen molar-refractivity contribution in [3.8, 4) is 5.75 Å². The number of aromatic nitrogens is 1. The highest BCUT2D eigenvalue weighted by molar-refractivity contribution is 7.92. The summed E-state index contributed by atoms with van der Waals surface area (Å²) in [4.78, 5) is 28.1. The summed E-state index contributed by atoms with van der Waals surface area (Å²) >= 11 is 0. The molecule has 0 saturated carbocycles. The highest BCUT2D eigenvalue weighted by Crippen LogP contribution is 2.21. The number of carbonyl (C=O) groups is 1. The van der Waals surface area contributed by atoms with E-state index in [9.17, 15) is 18.0 Å². The van der Waals surface area contributed by atoms with Gasteiger partial charge in [0.2, 0.25) is 5.43 Å². The molecule has 3 N–H and O–H groups in total. The number of fused-ring (bicyclic) bond motifs is 1. The highest BCUT2D eigenvalue weighted by Gasteiger charge is 2.19. The number of amides is 1. The molecule has 176 valence electrons. The first kappa shape index (κ1) is 24.2. The van der Waals surface area contributed by atoms with E-state index in [0.29, 0.717) is 23.6 Å². The number of anilines is 1. The van der Waals surface area contributed by atoms with Gasteiger partial charge in [-0.15, -0.1) is 0 Å². The molecule has 33 heavy (non-hydrogen) atoms. The van der Waals surface area contributed by atoms with Gasteiger partial charge in [0.15, 0.2) is 6.29 Å². The maximum Gasteiger partial charge on any atom is 0.261 e. The predicted molar refractivity (Wildman–Crippen MR) is 123 cm³/mol. The Bertz CT molecular complexity index is 1280. The summed E-state index contributed by atoms with van der Waals surface area (Å²) in [6, 6.07) is 10.5. The van der Waals surface area contributed by atoms with Crippen LogP contribution < -0.4 is 20.2 Å². The van der Waals surface area contributed by atoms with E-state index in [-0.39, 0.29) is 22.4 Å². The van der Waals surface area contributed by atoms with Crippen LogP contribution in [0.15, 0.2) is 58.4 Å². The van der Waals surface area contributed by atoms with E-state index in [1.54, 1.807) is 24.3 Å². The molecule has 0 aliphatic heterocycles. The summed E-state index contributed by atoms with van der Waals surface area (Å²) in [5, 5.41) is 2.61. The Morgan fingerprint density at radius 3 is 2.42 bits per heavy atom. The van der Waals surface area contributed by atoms with Gasteiger partial charge in [0.05, 0.1) is 18.0 Å². The smallest absolute Gasteiger partial charge is 0.261 e. The Morgan fingerprint density at radius 1 is 1.09 bits per heavy atom. The molecule has 0 aliphatic rings. The van der Waals surface area contributed by atoms with Crippen LogP contribution in [-0.2, 0) is 19.5 Å². The zero-order chi connectivity index (χ0) is 24.0. The summed E-state index contributed by atoms with van der Waals surface area (Å²) in [6.07, 6.45) is 0.611. The fourth-order valence-electron chi connectivity index (χ4n) is 3.07. The molecule has 0 radical (unpaired) electrons. The summed E-state index contributed by atoms with van der Waals surface area (Å²) in [7, 11) is -1.14.